The van der Waals surface area contributed by atoms with Crippen molar-refractivity contribution in [2.75, 3.05) is 20.6 Å². The average molecular weight is 432 g/mol. The van der Waals surface area contributed by atoms with Gasteiger partial charge in [-0.05, 0) is 32.7 Å². The molecule has 0 bridgehead atoms. The fourth-order valence-electron chi connectivity index (χ4n) is 2.84. The maximum atomic E-state index is 11.7. The summed E-state index contributed by atoms with van der Waals surface area (Å²) in [7, 11) is 3.38. The third kappa shape index (κ3) is 6.85. The van der Waals surface area contributed by atoms with Crippen molar-refractivity contribution in [2.45, 2.75) is 25.2 Å². The molecule has 2 rings (SSSR count). The van der Waals surface area contributed by atoms with Crippen LogP contribution >= 0.6 is 0 Å². The van der Waals surface area contributed by atoms with E-state index >= 15 is 0 Å². The Balaban J connectivity index is 0.000000325. The first-order valence-corrected chi connectivity index (χ1v) is 8.64. The summed E-state index contributed by atoms with van der Waals surface area (Å²) < 4.78 is 36.1. The van der Waals surface area contributed by atoms with E-state index < -0.39 is 36.2 Å². The number of hydrogen-bond donors (Lipinski definition) is 3. The normalized spacial score (nSPS) is 21.3. The lowest BCUT2D eigenvalue weighted by molar-refractivity contribution is -0.158. The molecule has 0 amide bonds. The quantitative estimate of drug-likeness (QED) is 0.643. The molecule has 1 aromatic heterocycles. The van der Waals surface area contributed by atoms with Gasteiger partial charge in [0.1, 0.15) is 6.54 Å². The Kier molecular flexibility index (Phi) is 8.14. The molecule has 0 aliphatic heterocycles. The van der Waals surface area contributed by atoms with Crippen LogP contribution in [-0.2, 0) is 16.1 Å². The third-order valence-electron chi connectivity index (χ3n) is 4.24. The standard InChI is InChI=1S/C12H17NO5.C7H6F3NO/c1-7-4-5-12(18,11(16)17)8(6-13(2)3)9(7)10(14)15;8-7(9,10)5-11-3-1-6(12)2-4-11/h4-5,8,18H,6H2,1-3H3,(H,14,15)(H,16,17);1-4H,5H2. The Morgan fingerprint density at radius 1 is 1.20 bits per heavy atom. The van der Waals surface area contributed by atoms with Crippen LogP contribution in [0, 0.1) is 5.92 Å². The summed E-state index contributed by atoms with van der Waals surface area (Å²) in [6, 6.07) is 2.18. The zero-order valence-corrected chi connectivity index (χ0v) is 16.6. The highest BCUT2D eigenvalue weighted by Gasteiger charge is 2.48. The van der Waals surface area contributed by atoms with Crippen molar-refractivity contribution in [3.05, 3.63) is 58.0 Å². The second-order valence-corrected chi connectivity index (χ2v) is 7.00. The summed E-state index contributed by atoms with van der Waals surface area (Å²) in [5.41, 5.74) is -2.08. The van der Waals surface area contributed by atoms with Crippen LogP contribution in [0.15, 0.2) is 52.6 Å². The second kappa shape index (κ2) is 9.72. The van der Waals surface area contributed by atoms with Gasteiger partial charge in [0, 0.05) is 42.6 Å². The summed E-state index contributed by atoms with van der Waals surface area (Å²) in [6.07, 6.45) is 0.454. The van der Waals surface area contributed by atoms with Gasteiger partial charge >= 0.3 is 18.1 Å². The lowest BCUT2D eigenvalue weighted by Crippen LogP contribution is -2.51. The van der Waals surface area contributed by atoms with Crippen molar-refractivity contribution in [3.63, 3.8) is 0 Å². The molecule has 11 heteroatoms. The summed E-state index contributed by atoms with van der Waals surface area (Å²) in [5.74, 6) is -3.66. The van der Waals surface area contributed by atoms with Crippen LogP contribution in [-0.4, -0.2) is 69.1 Å². The van der Waals surface area contributed by atoms with E-state index in [1.165, 1.54) is 6.08 Å². The van der Waals surface area contributed by atoms with Gasteiger partial charge in [0.05, 0.1) is 0 Å². The van der Waals surface area contributed by atoms with Crippen LogP contribution in [0.3, 0.4) is 0 Å². The number of pyridine rings is 1. The smallest absolute Gasteiger partial charge is 0.406 e. The molecule has 1 heterocycles. The number of aliphatic hydroxyl groups is 1. The maximum Gasteiger partial charge on any atom is 0.406 e. The zero-order valence-electron chi connectivity index (χ0n) is 16.6. The van der Waals surface area contributed by atoms with E-state index in [1.807, 2.05) is 0 Å². The van der Waals surface area contributed by atoms with Gasteiger partial charge in [0.15, 0.2) is 11.0 Å². The highest BCUT2D eigenvalue weighted by atomic mass is 19.4. The number of nitrogens with zero attached hydrogens (tertiary/aromatic N) is 2. The first-order valence-electron chi connectivity index (χ1n) is 8.64. The number of hydrogen-bond acceptors (Lipinski definition) is 5. The summed E-state index contributed by atoms with van der Waals surface area (Å²) >= 11 is 0. The highest BCUT2D eigenvalue weighted by Crippen LogP contribution is 2.34. The summed E-state index contributed by atoms with van der Waals surface area (Å²) in [5, 5.41) is 28.5. The molecule has 0 saturated carbocycles. The number of halogens is 3. The van der Waals surface area contributed by atoms with Crippen molar-refractivity contribution >= 4 is 11.9 Å². The number of carboxylic acids is 2. The fourth-order valence-corrected chi connectivity index (χ4v) is 2.84. The van der Waals surface area contributed by atoms with Gasteiger partial charge in [-0.1, -0.05) is 6.08 Å². The monoisotopic (exact) mass is 432 g/mol. The van der Waals surface area contributed by atoms with Gasteiger partial charge < -0.3 is 24.8 Å². The molecule has 0 spiro atoms. The molecule has 0 fully saturated rings. The lowest BCUT2D eigenvalue weighted by Gasteiger charge is -2.35. The van der Waals surface area contributed by atoms with Gasteiger partial charge in [-0.25, -0.2) is 9.59 Å². The van der Waals surface area contributed by atoms with Gasteiger partial charge in [0.25, 0.3) is 0 Å². The second-order valence-electron chi connectivity index (χ2n) is 7.00. The highest BCUT2D eigenvalue weighted by molar-refractivity contribution is 5.93. The molecule has 1 aliphatic rings. The van der Waals surface area contributed by atoms with E-state index in [1.54, 1.807) is 25.9 Å². The van der Waals surface area contributed by atoms with E-state index in [9.17, 15) is 37.8 Å². The molecule has 2 atom stereocenters. The van der Waals surface area contributed by atoms with Crippen molar-refractivity contribution in [1.82, 2.24) is 9.47 Å². The van der Waals surface area contributed by atoms with E-state index in [0.29, 0.717) is 5.57 Å². The molecule has 3 N–H and O–H groups in total. The number of allylic oxidation sites excluding steroid dienone is 2. The third-order valence-corrected chi connectivity index (χ3v) is 4.24. The van der Waals surface area contributed by atoms with E-state index in [-0.39, 0.29) is 17.5 Å². The van der Waals surface area contributed by atoms with Crippen LogP contribution in [0.2, 0.25) is 0 Å². The van der Waals surface area contributed by atoms with Crippen LogP contribution in [0.1, 0.15) is 6.92 Å². The predicted molar refractivity (Wildman–Crippen MR) is 101 cm³/mol. The molecule has 30 heavy (non-hydrogen) atoms. The fraction of sp³-hybridized carbons (Fsp3) is 0.421. The van der Waals surface area contributed by atoms with E-state index in [2.05, 4.69) is 0 Å². The van der Waals surface area contributed by atoms with Crippen LogP contribution < -0.4 is 5.43 Å². The van der Waals surface area contributed by atoms with Gasteiger partial charge in [-0.2, -0.15) is 13.2 Å². The SMILES string of the molecule is CC1=C(C(=O)O)C(CN(C)C)C(O)(C(=O)O)C=C1.O=c1ccn(CC(F)(F)F)cc1. The van der Waals surface area contributed by atoms with Gasteiger partial charge in [-0.3, -0.25) is 4.79 Å². The number of carbonyl (C=O) groups is 2. The minimum Gasteiger partial charge on any atom is -0.479 e. The largest absolute Gasteiger partial charge is 0.479 e. The number of carboxylic acid groups (broad SMARTS) is 2. The van der Waals surface area contributed by atoms with Crippen molar-refractivity contribution in [1.29, 1.82) is 0 Å². The molecule has 166 valence electrons. The minimum absolute atomic E-state index is 0.0592. The topological polar surface area (TPSA) is 120 Å². The number of aliphatic carboxylic acids is 2. The van der Waals surface area contributed by atoms with Gasteiger partial charge in [0.2, 0.25) is 0 Å². The number of aromatic nitrogens is 1. The molecular weight excluding hydrogens is 409 g/mol. The van der Waals surface area contributed by atoms with Crippen LogP contribution in [0.25, 0.3) is 0 Å². The first-order chi connectivity index (χ1) is 13.7. The summed E-state index contributed by atoms with van der Waals surface area (Å²) in [4.78, 5) is 34.6. The average Bonchev–Trinajstić information content (AvgIpc) is 2.59. The minimum atomic E-state index is -4.24. The van der Waals surface area contributed by atoms with Crippen molar-refractivity contribution < 1.29 is 38.1 Å². The Hall–Kier alpha value is -2.92. The van der Waals surface area contributed by atoms with E-state index in [4.69, 9.17) is 5.11 Å². The van der Waals surface area contributed by atoms with Crippen molar-refractivity contribution in [3.8, 4) is 0 Å². The van der Waals surface area contributed by atoms with Crippen molar-refractivity contribution in [2.24, 2.45) is 5.92 Å². The number of rotatable bonds is 5. The van der Waals surface area contributed by atoms with E-state index in [0.717, 1.165) is 35.2 Å². The lowest BCUT2D eigenvalue weighted by atomic mass is 9.75. The molecule has 0 saturated heterocycles. The summed E-state index contributed by atoms with van der Waals surface area (Å²) in [6.45, 7) is 0.656. The molecule has 8 nitrogen and oxygen atoms in total. The molecule has 1 aliphatic carbocycles. The number of alkyl halides is 3. The van der Waals surface area contributed by atoms with Gasteiger partial charge in [-0.15, -0.1) is 0 Å². The predicted octanol–water partition coefficient (Wildman–Crippen LogP) is 1.36. The first kappa shape index (κ1) is 25.1. The zero-order chi connectivity index (χ0) is 23.3. The Morgan fingerprint density at radius 3 is 2.13 bits per heavy atom. The molecule has 1 aromatic rings. The van der Waals surface area contributed by atoms with Crippen LogP contribution in [0.5, 0.6) is 0 Å². The maximum absolute atomic E-state index is 11.7. The van der Waals surface area contributed by atoms with Crippen LogP contribution in [0.4, 0.5) is 13.2 Å². The Bertz CT molecular complexity index is 884. The Morgan fingerprint density at radius 2 is 1.73 bits per heavy atom. The molecular formula is C19H23F3N2O6. The molecule has 0 radical (unpaired) electrons. The molecule has 2 unspecified atom stereocenters. The molecule has 0 aromatic carbocycles. The Labute approximate surface area is 170 Å².